The maximum absolute atomic E-state index is 12.0. The van der Waals surface area contributed by atoms with Crippen molar-refractivity contribution in [1.82, 2.24) is 4.90 Å². The molecule has 0 unspecified atom stereocenters. The van der Waals surface area contributed by atoms with Gasteiger partial charge in [0, 0.05) is 23.9 Å². The minimum absolute atomic E-state index is 0.0921. The molecule has 0 radical (unpaired) electrons. The maximum atomic E-state index is 12.0. The summed E-state index contributed by atoms with van der Waals surface area (Å²) in [5.74, 6) is -0.882. The van der Waals surface area contributed by atoms with Crippen molar-refractivity contribution in [3.63, 3.8) is 0 Å². The molecule has 0 aromatic heterocycles. The van der Waals surface area contributed by atoms with Crippen LogP contribution in [0.5, 0.6) is 0 Å². The lowest BCUT2D eigenvalue weighted by Crippen LogP contribution is -2.39. The number of nitrogens with zero attached hydrogens (tertiary/aromatic N) is 1. The molecule has 4 nitrogen and oxygen atoms in total. The van der Waals surface area contributed by atoms with Gasteiger partial charge >= 0.3 is 0 Å². The fourth-order valence-electron chi connectivity index (χ4n) is 1.68. The molecule has 1 amide bonds. The Balaban J connectivity index is 2.91. The summed E-state index contributed by atoms with van der Waals surface area (Å²) in [4.78, 5) is 13.5. The van der Waals surface area contributed by atoms with Crippen LogP contribution in [0.25, 0.3) is 0 Å². The molecule has 0 N–H and O–H groups in total. The van der Waals surface area contributed by atoms with E-state index in [0.29, 0.717) is 11.6 Å². The Morgan fingerprint density at radius 3 is 2.37 bits per heavy atom. The number of halogens is 1. The highest BCUT2D eigenvalue weighted by Crippen LogP contribution is 2.18. The summed E-state index contributed by atoms with van der Waals surface area (Å²) in [5.41, 5.74) is 0.805. The zero-order valence-electron chi connectivity index (χ0n) is 11.3. The van der Waals surface area contributed by atoms with Gasteiger partial charge in [0.1, 0.15) is 5.75 Å². The Morgan fingerprint density at radius 2 is 1.89 bits per heavy atom. The molecule has 0 saturated carbocycles. The van der Waals surface area contributed by atoms with E-state index in [1.165, 1.54) is 4.90 Å². The molecule has 0 saturated heterocycles. The van der Waals surface area contributed by atoms with Gasteiger partial charge in [-0.15, -0.1) is 0 Å². The van der Waals surface area contributed by atoms with Crippen LogP contribution in [-0.2, 0) is 21.2 Å². The van der Waals surface area contributed by atoms with Crippen molar-refractivity contribution < 1.29 is 13.2 Å². The number of rotatable bonds is 5. The molecular formula is C13H18ClNO3S. The smallest absolute Gasteiger partial charge is 0.238 e. The van der Waals surface area contributed by atoms with Crippen molar-refractivity contribution in [3.8, 4) is 0 Å². The Kier molecular flexibility index (Phi) is 5.38. The van der Waals surface area contributed by atoms with E-state index in [0.717, 1.165) is 11.8 Å². The van der Waals surface area contributed by atoms with E-state index in [-0.39, 0.29) is 6.04 Å². The van der Waals surface area contributed by atoms with Gasteiger partial charge in [0.25, 0.3) is 0 Å². The molecular weight excluding hydrogens is 286 g/mol. The van der Waals surface area contributed by atoms with Crippen LogP contribution in [-0.4, -0.2) is 37.3 Å². The van der Waals surface area contributed by atoms with E-state index in [4.69, 9.17) is 11.6 Å². The van der Waals surface area contributed by atoms with Crippen LogP contribution in [0.15, 0.2) is 24.3 Å². The van der Waals surface area contributed by atoms with E-state index >= 15 is 0 Å². The first kappa shape index (κ1) is 16.0. The van der Waals surface area contributed by atoms with Crippen LogP contribution in [0, 0.1) is 0 Å². The van der Waals surface area contributed by atoms with Gasteiger partial charge in [-0.2, -0.15) is 0 Å². The maximum Gasteiger partial charge on any atom is 0.238 e. The third kappa shape index (κ3) is 5.20. The van der Waals surface area contributed by atoms with E-state index in [9.17, 15) is 13.2 Å². The number of carbonyl (C=O) groups excluding carboxylic acids is 1. The zero-order valence-corrected chi connectivity index (χ0v) is 12.8. The standard InChI is InChI=1S/C13H18ClNO3S/c1-10(2)15(13(16)9-19(3,17)18)8-11-6-4-5-7-12(11)14/h4-7,10H,8-9H2,1-3H3. The summed E-state index contributed by atoms with van der Waals surface area (Å²) in [7, 11) is -3.33. The fraction of sp³-hybridized carbons (Fsp3) is 0.462. The highest BCUT2D eigenvalue weighted by molar-refractivity contribution is 7.91. The summed E-state index contributed by atoms with van der Waals surface area (Å²) in [6.45, 7) is 4.00. The van der Waals surface area contributed by atoms with Gasteiger partial charge in [0.2, 0.25) is 5.91 Å². The molecule has 1 aromatic carbocycles. The van der Waals surface area contributed by atoms with E-state index in [1.54, 1.807) is 6.07 Å². The molecule has 0 aliphatic heterocycles. The van der Waals surface area contributed by atoms with Gasteiger partial charge in [-0.25, -0.2) is 8.42 Å². The topological polar surface area (TPSA) is 54.5 Å². The molecule has 0 spiro atoms. The average molecular weight is 304 g/mol. The molecule has 0 fully saturated rings. The highest BCUT2D eigenvalue weighted by Gasteiger charge is 2.21. The second-order valence-corrected chi connectivity index (χ2v) is 7.32. The Labute approximate surface area is 119 Å². The summed E-state index contributed by atoms with van der Waals surface area (Å²) in [5, 5.41) is 0.570. The van der Waals surface area contributed by atoms with Gasteiger partial charge in [-0.1, -0.05) is 29.8 Å². The number of hydrogen-bond acceptors (Lipinski definition) is 3. The number of benzene rings is 1. The normalized spacial score (nSPS) is 11.6. The van der Waals surface area contributed by atoms with E-state index in [1.807, 2.05) is 32.0 Å². The second kappa shape index (κ2) is 6.39. The summed E-state index contributed by atoms with van der Waals surface area (Å²) < 4.78 is 22.4. The molecule has 0 atom stereocenters. The van der Waals surface area contributed by atoms with Gasteiger partial charge in [0.15, 0.2) is 9.84 Å². The first-order chi connectivity index (χ1) is 8.70. The number of hydrogen-bond donors (Lipinski definition) is 0. The summed E-state index contributed by atoms with van der Waals surface area (Å²) in [6.07, 6.45) is 1.05. The summed E-state index contributed by atoms with van der Waals surface area (Å²) >= 11 is 6.05. The number of amides is 1. The average Bonchev–Trinajstić information content (AvgIpc) is 2.24. The largest absolute Gasteiger partial charge is 0.335 e. The van der Waals surface area contributed by atoms with Gasteiger partial charge in [-0.05, 0) is 25.5 Å². The Hall–Kier alpha value is -1.07. The first-order valence-electron chi connectivity index (χ1n) is 5.91. The van der Waals surface area contributed by atoms with Crippen LogP contribution < -0.4 is 0 Å². The first-order valence-corrected chi connectivity index (χ1v) is 8.35. The van der Waals surface area contributed by atoms with Crippen molar-refractivity contribution in [2.45, 2.75) is 26.4 Å². The Morgan fingerprint density at radius 1 is 1.32 bits per heavy atom. The Bertz CT molecular complexity index is 555. The van der Waals surface area contributed by atoms with Crippen LogP contribution in [0.3, 0.4) is 0 Å². The quantitative estimate of drug-likeness (QED) is 0.837. The SMILES string of the molecule is CC(C)N(Cc1ccccc1Cl)C(=O)CS(C)(=O)=O. The van der Waals surface area contributed by atoms with Crippen molar-refractivity contribution in [3.05, 3.63) is 34.9 Å². The molecule has 1 aromatic rings. The predicted octanol–water partition coefficient (Wildman–Crippen LogP) is 2.12. The highest BCUT2D eigenvalue weighted by atomic mass is 35.5. The second-order valence-electron chi connectivity index (χ2n) is 4.78. The third-order valence-corrected chi connectivity index (χ3v) is 3.77. The van der Waals surface area contributed by atoms with Crippen molar-refractivity contribution >= 4 is 27.3 Å². The van der Waals surface area contributed by atoms with Crippen molar-refractivity contribution in [2.24, 2.45) is 0 Å². The van der Waals surface area contributed by atoms with Crippen molar-refractivity contribution in [1.29, 1.82) is 0 Å². The molecule has 19 heavy (non-hydrogen) atoms. The van der Waals surface area contributed by atoms with Crippen LogP contribution in [0.4, 0.5) is 0 Å². The van der Waals surface area contributed by atoms with Crippen molar-refractivity contribution in [2.75, 3.05) is 12.0 Å². The van der Waals surface area contributed by atoms with Gasteiger partial charge in [0.05, 0.1) is 0 Å². The molecule has 0 bridgehead atoms. The molecule has 0 heterocycles. The van der Waals surface area contributed by atoms with Gasteiger partial charge < -0.3 is 4.90 Å². The van der Waals surface area contributed by atoms with Crippen LogP contribution >= 0.6 is 11.6 Å². The summed E-state index contributed by atoms with van der Waals surface area (Å²) in [6, 6.07) is 7.12. The molecule has 106 valence electrons. The number of carbonyl (C=O) groups is 1. The van der Waals surface area contributed by atoms with Gasteiger partial charge in [-0.3, -0.25) is 4.79 Å². The fourth-order valence-corrected chi connectivity index (χ4v) is 2.49. The number of sulfone groups is 1. The lowest BCUT2D eigenvalue weighted by atomic mass is 10.2. The predicted molar refractivity (Wildman–Crippen MR) is 76.8 cm³/mol. The lowest BCUT2D eigenvalue weighted by molar-refractivity contribution is -0.130. The molecule has 6 heteroatoms. The van der Waals surface area contributed by atoms with Crippen LogP contribution in [0.1, 0.15) is 19.4 Å². The third-order valence-electron chi connectivity index (χ3n) is 2.63. The van der Waals surface area contributed by atoms with Crippen LogP contribution in [0.2, 0.25) is 5.02 Å². The lowest BCUT2D eigenvalue weighted by Gasteiger charge is -2.27. The molecule has 1 rings (SSSR count). The van der Waals surface area contributed by atoms with E-state index < -0.39 is 21.5 Å². The minimum atomic E-state index is -3.33. The minimum Gasteiger partial charge on any atom is -0.335 e. The zero-order chi connectivity index (χ0) is 14.6. The monoisotopic (exact) mass is 303 g/mol. The molecule has 0 aliphatic carbocycles. The van der Waals surface area contributed by atoms with E-state index in [2.05, 4.69) is 0 Å². The molecule has 0 aliphatic rings.